The van der Waals surface area contributed by atoms with Gasteiger partial charge in [0.15, 0.2) is 0 Å². The molecule has 8 heteroatoms. The van der Waals surface area contributed by atoms with Gasteiger partial charge in [0.1, 0.15) is 0 Å². The van der Waals surface area contributed by atoms with Crippen LogP contribution in [0.3, 0.4) is 0 Å². The van der Waals surface area contributed by atoms with Gasteiger partial charge in [-0.3, -0.25) is 0 Å². The number of aromatic nitrogens is 4. The van der Waals surface area contributed by atoms with Gasteiger partial charge in [-0.25, -0.2) is 0 Å². The molecular weight excluding hydrogens is 1070 g/mol. The summed E-state index contributed by atoms with van der Waals surface area (Å²) in [6.45, 7) is 9.17. The van der Waals surface area contributed by atoms with Crippen LogP contribution >= 0.6 is 0 Å². The van der Waals surface area contributed by atoms with Crippen molar-refractivity contribution in [1.29, 1.82) is 0 Å². The van der Waals surface area contributed by atoms with Gasteiger partial charge in [0, 0.05) is 0 Å². The van der Waals surface area contributed by atoms with Crippen molar-refractivity contribution in [2.75, 3.05) is 0 Å². The van der Waals surface area contributed by atoms with Gasteiger partial charge in [-0.15, -0.1) is 0 Å². The van der Waals surface area contributed by atoms with Crippen molar-refractivity contribution in [3.63, 3.8) is 0 Å². The number of hydrogen-bond acceptors (Lipinski definition) is 4. The molecule has 0 fully saturated rings. The second-order valence-electron chi connectivity index (χ2n) is 24.3. The molecule has 4 nitrogen and oxygen atoms in total. The molecular formula is C68H104F2N4Se2. The van der Waals surface area contributed by atoms with E-state index < -0.39 is 10.8 Å². The van der Waals surface area contributed by atoms with Crippen molar-refractivity contribution in [1.82, 2.24) is 15.9 Å². The molecule has 2 aliphatic carbocycles. The van der Waals surface area contributed by atoms with Crippen molar-refractivity contribution in [3.05, 3.63) is 58.2 Å². The van der Waals surface area contributed by atoms with Crippen LogP contribution in [0.5, 0.6) is 0 Å². The van der Waals surface area contributed by atoms with Gasteiger partial charge < -0.3 is 0 Å². The Morgan fingerprint density at radius 3 is 0.789 bits per heavy atom. The third-order valence-corrected chi connectivity index (χ3v) is 20.8. The van der Waals surface area contributed by atoms with Crippen LogP contribution in [0, 0.1) is 11.6 Å². The van der Waals surface area contributed by atoms with Crippen molar-refractivity contribution < 1.29 is 8.78 Å². The second-order valence-corrected chi connectivity index (χ2v) is 26.5. The Balaban J connectivity index is 1.27. The SMILES string of the molecule is CCCCCCCCCCCCC1(CCCCCCCCCCCC)c2ccc3n[se]nc3c2-c2c(F)c3c(c(F)c21)-c1c(ccc2n[se]nc12)C3(CCCCCCCCCCCC)CCCCCCCCCCCC. The molecule has 0 saturated carbocycles. The van der Waals surface area contributed by atoms with E-state index in [2.05, 4.69) is 52.0 Å². The summed E-state index contributed by atoms with van der Waals surface area (Å²) in [5.74, 6) is -0.318. The van der Waals surface area contributed by atoms with Gasteiger partial charge in [0.25, 0.3) is 0 Å². The van der Waals surface area contributed by atoms with E-state index in [0.29, 0.717) is 22.3 Å². The molecule has 5 aromatic rings. The zero-order valence-electron chi connectivity index (χ0n) is 48.8. The van der Waals surface area contributed by atoms with Gasteiger partial charge in [-0.2, -0.15) is 0 Å². The number of nitrogens with zero attached hydrogens (tertiary/aromatic N) is 4. The first-order chi connectivity index (χ1) is 37.5. The average molecular weight is 1170 g/mol. The number of fused-ring (bicyclic) bond motifs is 10. The second kappa shape index (κ2) is 33.5. The molecule has 7 rings (SSSR count). The van der Waals surface area contributed by atoms with Crippen LogP contribution < -0.4 is 0 Å². The average Bonchev–Trinajstić information content (AvgIpc) is 4.40. The van der Waals surface area contributed by atoms with Crippen LogP contribution in [0.15, 0.2) is 24.3 Å². The number of benzene rings is 3. The Morgan fingerprint density at radius 1 is 0.303 bits per heavy atom. The summed E-state index contributed by atoms with van der Waals surface area (Å²) in [7, 11) is 0. The fourth-order valence-electron chi connectivity index (χ4n) is 14.3. The normalized spacial score (nSPS) is 14.1. The van der Waals surface area contributed by atoms with E-state index in [4.69, 9.17) is 15.9 Å². The fourth-order valence-corrected chi connectivity index (χ4v) is 16.6. The van der Waals surface area contributed by atoms with Crippen molar-refractivity contribution >= 4 is 52.0 Å². The third-order valence-electron chi connectivity index (χ3n) is 18.6. The maximum absolute atomic E-state index is 19.6. The van der Waals surface area contributed by atoms with Crippen LogP contribution in [0.1, 0.15) is 332 Å². The molecule has 0 saturated heterocycles. The predicted molar refractivity (Wildman–Crippen MR) is 325 cm³/mol. The topological polar surface area (TPSA) is 51.6 Å². The first-order valence-electron chi connectivity index (χ1n) is 32.6. The first-order valence-corrected chi connectivity index (χ1v) is 35.6. The zero-order chi connectivity index (χ0) is 53.3. The van der Waals surface area contributed by atoms with E-state index in [0.717, 1.165) is 121 Å². The van der Waals surface area contributed by atoms with E-state index >= 15 is 8.78 Å². The van der Waals surface area contributed by atoms with Crippen LogP contribution in [-0.4, -0.2) is 45.8 Å². The summed E-state index contributed by atoms with van der Waals surface area (Å²) in [6, 6.07) is 8.82. The zero-order valence-corrected chi connectivity index (χ0v) is 52.2. The van der Waals surface area contributed by atoms with E-state index in [1.807, 2.05) is 0 Å². The Kier molecular flexibility index (Phi) is 27.1. The summed E-state index contributed by atoms with van der Waals surface area (Å²) >= 11 is -0.583. The van der Waals surface area contributed by atoms with Crippen LogP contribution in [0.25, 0.3) is 44.3 Å². The summed E-state index contributed by atoms with van der Waals surface area (Å²) in [6.07, 6.45) is 53.5. The van der Waals surface area contributed by atoms with Gasteiger partial charge >= 0.3 is 348 Å². The van der Waals surface area contributed by atoms with Crippen molar-refractivity contribution in [3.8, 4) is 22.3 Å². The molecule has 3 aromatic carbocycles. The molecule has 0 spiro atoms. The molecule has 0 aliphatic heterocycles. The molecule has 0 atom stereocenters. The number of hydrogen-bond donors (Lipinski definition) is 0. The van der Waals surface area contributed by atoms with Crippen LogP contribution in [-0.2, 0) is 10.8 Å². The molecule has 0 N–H and O–H groups in total. The molecule has 76 heavy (non-hydrogen) atoms. The monoisotopic (exact) mass is 1170 g/mol. The quantitative estimate of drug-likeness (QED) is 0.0288. The van der Waals surface area contributed by atoms with E-state index in [1.54, 1.807) is 0 Å². The van der Waals surface area contributed by atoms with Crippen molar-refractivity contribution in [2.45, 2.75) is 321 Å². The smallest absolute Gasteiger partial charge is 0.0654 e. The Hall–Kier alpha value is -2.24. The molecule has 422 valence electrons. The van der Waals surface area contributed by atoms with Crippen LogP contribution in [0.4, 0.5) is 8.78 Å². The summed E-state index contributed by atoms with van der Waals surface area (Å²) in [5, 5.41) is 0. The minimum Gasteiger partial charge on any atom is -0.0654 e. The van der Waals surface area contributed by atoms with Crippen LogP contribution in [0.2, 0.25) is 0 Å². The van der Waals surface area contributed by atoms with Gasteiger partial charge in [-0.05, 0) is 0 Å². The number of unbranched alkanes of at least 4 members (excludes halogenated alkanes) is 36. The number of rotatable bonds is 44. The molecule has 2 aliphatic rings. The third kappa shape index (κ3) is 15.6. The Labute approximate surface area is 475 Å². The van der Waals surface area contributed by atoms with E-state index in [-0.39, 0.29) is 41.6 Å². The maximum atomic E-state index is 19.6. The Bertz CT molecular complexity index is 2220. The van der Waals surface area contributed by atoms with E-state index in [1.165, 1.54) is 205 Å². The standard InChI is InChI=1S/C68H104F2N4Se2/c1-5-9-13-17-21-25-29-33-37-41-49-67(50-42-38-34-30-26-22-18-14-10-6-2)53-45-47-55-65(73-75-71-55)57(53)59-61(67)63(69)60-58-54(46-48-56-66(58)74-76-72-56)68(62(60)64(59)70,51-43-39-35-31-27-23-19-15-11-7-3)52-44-40-36-32-28-24-20-16-12-8-4/h45-48H,5-44,49-52H2,1-4H3. The van der Waals surface area contributed by atoms with Gasteiger partial charge in [0.2, 0.25) is 0 Å². The summed E-state index contributed by atoms with van der Waals surface area (Å²) in [4.78, 5) is 0. The fraction of sp³-hybridized carbons (Fsp3) is 0.735. The molecule has 0 bridgehead atoms. The van der Waals surface area contributed by atoms with Crippen molar-refractivity contribution in [2.24, 2.45) is 0 Å². The molecule has 0 amide bonds. The molecule has 2 heterocycles. The molecule has 0 unspecified atom stereocenters. The Morgan fingerprint density at radius 2 is 0.539 bits per heavy atom. The molecule has 0 radical (unpaired) electrons. The first kappa shape index (κ1) is 61.4. The van der Waals surface area contributed by atoms with E-state index in [9.17, 15) is 0 Å². The van der Waals surface area contributed by atoms with Gasteiger partial charge in [0.05, 0.1) is 0 Å². The molecule has 2 aromatic heterocycles. The minimum atomic E-state index is -0.632. The van der Waals surface area contributed by atoms with Gasteiger partial charge in [-0.1, -0.05) is 130 Å². The summed E-state index contributed by atoms with van der Waals surface area (Å²) < 4.78 is 59.2. The number of halogens is 2. The summed E-state index contributed by atoms with van der Waals surface area (Å²) in [5.41, 5.74) is 8.52. The minimum absolute atomic E-state index is 0.159. The predicted octanol–water partition coefficient (Wildman–Crippen LogP) is 21.7.